The molecule has 0 bridgehead atoms. The summed E-state index contributed by atoms with van der Waals surface area (Å²) in [5.74, 6) is -13.1. The normalized spacial score (nSPS) is 6.00. The van der Waals surface area contributed by atoms with E-state index in [1.165, 1.54) is 0 Å². The van der Waals surface area contributed by atoms with E-state index >= 15 is 0 Å². The van der Waals surface area contributed by atoms with E-state index in [0.717, 1.165) is 0 Å². The maximum absolute atomic E-state index is 8.93. The second-order valence-electron chi connectivity index (χ2n) is 1.72. The van der Waals surface area contributed by atoms with Crippen LogP contribution in [0, 0.1) is 0 Å². The molecule has 22 heavy (non-hydrogen) atoms. The topological polar surface area (TPSA) is 241 Å². The van der Waals surface area contributed by atoms with Gasteiger partial charge in [0.05, 0.1) is 35.8 Å². The van der Waals surface area contributed by atoms with E-state index < -0.39 is 35.8 Å². The van der Waals surface area contributed by atoms with Gasteiger partial charge in [0, 0.05) is 0 Å². The average molecular weight is 433 g/mol. The van der Waals surface area contributed by atoms with Crippen LogP contribution in [0.3, 0.4) is 0 Å². The maximum Gasteiger partial charge on any atom is 3.00 e. The van der Waals surface area contributed by atoms with E-state index in [1.54, 1.807) is 0 Å². The minimum atomic E-state index is -2.19. The summed E-state index contributed by atoms with van der Waals surface area (Å²) >= 11 is 0. The van der Waals surface area contributed by atoms with Crippen molar-refractivity contribution < 1.29 is 231 Å². The second kappa shape index (κ2) is 28.1. The molecule has 0 atom stereocenters. The second-order valence-corrected chi connectivity index (χ2v) is 1.72. The van der Waals surface area contributed by atoms with Crippen molar-refractivity contribution in [3.05, 3.63) is 0 Å². The first kappa shape index (κ1) is 44.1. The quantitative estimate of drug-likeness (QED) is 0.255. The van der Waals surface area contributed by atoms with E-state index in [2.05, 4.69) is 0 Å². The van der Waals surface area contributed by atoms with Crippen LogP contribution in [0.1, 0.15) is 0 Å². The van der Waals surface area contributed by atoms with Crippen LogP contribution in [-0.4, -0.2) is 35.8 Å². The van der Waals surface area contributed by atoms with Crippen molar-refractivity contribution in [3.63, 3.8) is 0 Å². The zero-order chi connectivity index (χ0) is 15.5. The van der Waals surface area contributed by atoms with Gasteiger partial charge in [-0.2, -0.15) is 0 Å². The van der Waals surface area contributed by atoms with E-state index in [4.69, 9.17) is 59.4 Å². The molecule has 0 aromatic rings. The van der Waals surface area contributed by atoms with E-state index in [1.807, 2.05) is 0 Å². The third-order valence-electron chi connectivity index (χ3n) is 0.500. The minimum Gasteiger partial charge on any atom is -0.543 e. The molecule has 12 nitrogen and oxygen atoms in total. The summed E-state index contributed by atoms with van der Waals surface area (Å²) in [6.07, 6.45) is 0. The van der Waals surface area contributed by atoms with E-state index in [0.29, 0.717) is 0 Å². The van der Waals surface area contributed by atoms with Gasteiger partial charge in [0.25, 0.3) is 0 Å². The Hall–Kier alpha value is 2.26. The predicted octanol–water partition coefficient (Wildman–Crippen LogP) is -19.5. The standard InChI is InChI=1S/3C2H2O4.Cr.3K/c3*3-1(4)2(5)6;;;;/h3*(H,3,4)(H,5,6);;;;/q;;;+3;3*+1/p-6. The molecule has 16 heteroatoms. The Morgan fingerprint density at radius 2 is 0.409 bits per heavy atom. The van der Waals surface area contributed by atoms with Gasteiger partial charge in [-0.15, -0.1) is 0 Å². The molecule has 1 radical (unpaired) electrons. The first-order valence-electron chi connectivity index (χ1n) is 3.20. The van der Waals surface area contributed by atoms with Crippen LogP contribution in [0.25, 0.3) is 0 Å². The Bertz CT molecular complexity index is 290. The SMILES string of the molecule is O=C([O-])C(=O)[O-].O=C([O-])C(=O)[O-].O=C([O-])C(=O)[O-].[Cr+3].[K+].[K+].[K+]. The third kappa shape index (κ3) is 49.5. The number of carbonyl (C=O) groups is 6. The minimum absolute atomic E-state index is 0. The van der Waals surface area contributed by atoms with Gasteiger partial charge in [-0.25, -0.2) is 0 Å². The maximum atomic E-state index is 8.93. The molecule has 0 aromatic heterocycles. The van der Waals surface area contributed by atoms with E-state index in [9.17, 15) is 0 Å². The van der Waals surface area contributed by atoms with Gasteiger partial charge >= 0.3 is 172 Å². The molecule has 0 fully saturated rings. The Morgan fingerprint density at radius 1 is 0.364 bits per heavy atom. The number of hydrogen-bond donors (Lipinski definition) is 0. The van der Waals surface area contributed by atoms with E-state index in [-0.39, 0.29) is 172 Å². The molecule has 105 valence electrons. The number of carboxylic acids is 6. The number of aliphatic carboxylic acids is 6. The van der Waals surface area contributed by atoms with Crippen LogP contribution < -0.4 is 185 Å². The monoisotopic (exact) mass is 433 g/mol. The number of rotatable bonds is 0. The van der Waals surface area contributed by atoms with Crippen LogP contribution in [0.5, 0.6) is 0 Å². The smallest absolute Gasteiger partial charge is 0.543 e. The molecule has 0 aromatic carbocycles. The zero-order valence-electron chi connectivity index (χ0n) is 11.3. The molecule has 0 aliphatic rings. The van der Waals surface area contributed by atoms with Gasteiger partial charge in [0.1, 0.15) is 0 Å². The summed E-state index contributed by atoms with van der Waals surface area (Å²) < 4.78 is 0. The molecule has 0 unspecified atom stereocenters. The van der Waals surface area contributed by atoms with Crippen LogP contribution in [0.2, 0.25) is 0 Å². The van der Waals surface area contributed by atoms with Gasteiger partial charge in [0.15, 0.2) is 0 Å². The van der Waals surface area contributed by atoms with Crippen LogP contribution in [0.4, 0.5) is 0 Å². The summed E-state index contributed by atoms with van der Waals surface area (Å²) in [6.45, 7) is 0. The molecule has 0 amide bonds. The Labute approximate surface area is 260 Å². The van der Waals surface area contributed by atoms with Gasteiger partial charge in [0.2, 0.25) is 0 Å². The van der Waals surface area contributed by atoms with Crippen LogP contribution in [0.15, 0.2) is 0 Å². The first-order chi connectivity index (χ1) is 7.93. The van der Waals surface area contributed by atoms with Crippen LogP contribution >= 0.6 is 0 Å². The molecule has 0 saturated heterocycles. The fraction of sp³-hybridized carbons (Fsp3) is 0. The average Bonchev–Trinajstić information content (AvgIpc) is 2.18. The zero-order valence-corrected chi connectivity index (χ0v) is 22.0. The molecule has 0 rings (SSSR count). The fourth-order valence-corrected chi connectivity index (χ4v) is 0. The summed E-state index contributed by atoms with van der Waals surface area (Å²) in [5, 5.41) is 53.6. The van der Waals surface area contributed by atoms with Crippen molar-refractivity contribution in [2.45, 2.75) is 0 Å². The molecule has 0 spiro atoms. The molecule has 0 aliphatic carbocycles. The van der Waals surface area contributed by atoms with Crippen molar-refractivity contribution >= 4 is 35.8 Å². The van der Waals surface area contributed by atoms with Gasteiger partial charge in [-0.1, -0.05) is 0 Å². The Kier molecular flexibility index (Phi) is 56.2. The molecule has 0 aliphatic heterocycles. The van der Waals surface area contributed by atoms with Gasteiger partial charge in [-0.05, 0) is 0 Å². The Morgan fingerprint density at radius 3 is 0.409 bits per heavy atom. The molecule has 0 heterocycles. The van der Waals surface area contributed by atoms with Gasteiger partial charge in [-0.3, -0.25) is 0 Å². The molecule has 0 N–H and O–H groups in total. The molecule has 0 saturated carbocycles. The predicted molar refractivity (Wildman–Crippen MR) is 30.0 cm³/mol. The number of hydrogen-bond acceptors (Lipinski definition) is 12. The summed E-state index contributed by atoms with van der Waals surface area (Å²) in [4.78, 5) is 53.6. The molecular formula is C6CrK3O12. The summed E-state index contributed by atoms with van der Waals surface area (Å²) in [6, 6.07) is 0. The summed E-state index contributed by atoms with van der Waals surface area (Å²) in [7, 11) is 0. The first-order valence-corrected chi connectivity index (χ1v) is 3.20. The largest absolute Gasteiger partial charge is 3.00 e. The van der Waals surface area contributed by atoms with Crippen LogP contribution in [-0.2, 0) is 46.1 Å². The van der Waals surface area contributed by atoms with Crippen molar-refractivity contribution in [1.82, 2.24) is 0 Å². The van der Waals surface area contributed by atoms with Crippen molar-refractivity contribution in [3.8, 4) is 0 Å². The summed E-state index contributed by atoms with van der Waals surface area (Å²) in [5.41, 5.74) is 0. The number of carbonyl (C=O) groups excluding carboxylic acids is 6. The molecular weight excluding hydrogens is 433 g/mol. The van der Waals surface area contributed by atoms with Gasteiger partial charge < -0.3 is 59.4 Å². The van der Waals surface area contributed by atoms with Crippen molar-refractivity contribution in [2.75, 3.05) is 0 Å². The van der Waals surface area contributed by atoms with Crippen molar-refractivity contribution in [2.24, 2.45) is 0 Å². The fourth-order valence-electron chi connectivity index (χ4n) is 0. The van der Waals surface area contributed by atoms with Crippen molar-refractivity contribution in [1.29, 1.82) is 0 Å². The third-order valence-corrected chi connectivity index (χ3v) is 0.500. The number of carboxylic acid groups (broad SMARTS) is 6. The Balaban J connectivity index is -0.0000000281.